The van der Waals surface area contributed by atoms with Crippen LogP contribution in [0.15, 0.2) is 18.2 Å². The molecule has 0 amide bonds. The predicted molar refractivity (Wildman–Crippen MR) is 70.5 cm³/mol. The van der Waals surface area contributed by atoms with E-state index in [9.17, 15) is 18.5 Å². The second-order valence-corrected chi connectivity index (χ2v) is 5.71. The molecule has 9 heteroatoms. The van der Waals surface area contributed by atoms with Gasteiger partial charge >= 0.3 is 5.69 Å². The topological polar surface area (TPSA) is 136 Å². The minimum atomic E-state index is -3.50. The lowest BCUT2D eigenvalue weighted by Gasteiger charge is -2.06. The zero-order valence-corrected chi connectivity index (χ0v) is 11.3. The zero-order valence-electron chi connectivity index (χ0n) is 10.5. The van der Waals surface area contributed by atoms with Crippen molar-refractivity contribution < 1.29 is 18.1 Å². The Morgan fingerprint density at radius 1 is 1.40 bits per heavy atom. The van der Waals surface area contributed by atoms with Gasteiger partial charge in [0, 0.05) is 6.07 Å². The molecule has 0 spiro atoms. The molecule has 0 aromatic heterocycles. The van der Waals surface area contributed by atoms with Crippen LogP contribution in [0.2, 0.25) is 0 Å². The van der Waals surface area contributed by atoms with Crippen molar-refractivity contribution >= 4 is 15.7 Å². The highest BCUT2D eigenvalue weighted by molar-refractivity contribution is 7.89. The summed E-state index contributed by atoms with van der Waals surface area (Å²) in [5.74, 6) is -0.115. The minimum Gasteiger partial charge on any atom is -0.487 e. The molecular weight excluding hydrogens is 286 g/mol. The summed E-state index contributed by atoms with van der Waals surface area (Å²) in [5, 5.41) is 24.3. The molecule has 108 valence electrons. The van der Waals surface area contributed by atoms with Crippen LogP contribution in [0.4, 0.5) is 5.69 Å². The van der Waals surface area contributed by atoms with Crippen LogP contribution < -0.4 is 9.88 Å². The van der Waals surface area contributed by atoms with Gasteiger partial charge in [-0.05, 0) is 25.0 Å². The molecule has 0 atom stereocenters. The molecular formula is C11H13N3O5S. The molecule has 0 fully saturated rings. The number of sulfonamides is 1. The number of hydrogen-bond acceptors (Lipinski definition) is 6. The standard InChI is InChI=1S/C11H13N3O5S/c12-8-9-3-4-11(10(7-9)14(15)16)19-5-1-2-6-20(13,17)18/h3-4,7H,1-2,5-6H2,(H2,13,17,18). The van der Waals surface area contributed by atoms with E-state index in [0.29, 0.717) is 12.8 Å². The lowest BCUT2D eigenvalue weighted by atomic mass is 10.2. The number of nitrogens with two attached hydrogens (primary N) is 1. The highest BCUT2D eigenvalue weighted by Crippen LogP contribution is 2.27. The molecule has 2 N–H and O–H groups in total. The Hall–Kier alpha value is -2.18. The number of nitrogens with zero attached hydrogens (tertiary/aromatic N) is 2. The Morgan fingerprint density at radius 2 is 2.10 bits per heavy atom. The zero-order chi connectivity index (χ0) is 15.2. The van der Waals surface area contributed by atoms with E-state index in [1.54, 1.807) is 6.07 Å². The number of hydrogen-bond donors (Lipinski definition) is 1. The molecule has 0 saturated heterocycles. The molecule has 8 nitrogen and oxygen atoms in total. The van der Waals surface area contributed by atoms with E-state index in [0.717, 1.165) is 6.07 Å². The number of unbranched alkanes of at least 4 members (excludes halogenated alkanes) is 1. The van der Waals surface area contributed by atoms with Gasteiger partial charge in [-0.1, -0.05) is 0 Å². The maximum atomic E-state index is 10.8. The van der Waals surface area contributed by atoms with Crippen molar-refractivity contribution in [3.8, 4) is 11.8 Å². The summed E-state index contributed by atoms with van der Waals surface area (Å²) in [6.45, 7) is 0.127. The lowest BCUT2D eigenvalue weighted by molar-refractivity contribution is -0.385. The summed E-state index contributed by atoms with van der Waals surface area (Å²) in [7, 11) is -3.50. The van der Waals surface area contributed by atoms with E-state index in [1.807, 2.05) is 0 Å². The fraction of sp³-hybridized carbons (Fsp3) is 0.364. The van der Waals surface area contributed by atoms with Crippen LogP contribution in [0.3, 0.4) is 0 Å². The van der Waals surface area contributed by atoms with E-state index >= 15 is 0 Å². The summed E-state index contributed by atoms with van der Waals surface area (Å²) in [4.78, 5) is 10.2. The Kier molecular flexibility index (Phi) is 5.42. The first-order valence-electron chi connectivity index (χ1n) is 5.65. The monoisotopic (exact) mass is 299 g/mol. The second-order valence-electron chi connectivity index (χ2n) is 3.97. The molecule has 0 saturated carbocycles. The van der Waals surface area contributed by atoms with Gasteiger partial charge in [-0.15, -0.1) is 0 Å². The van der Waals surface area contributed by atoms with Crippen LogP contribution >= 0.6 is 0 Å². The molecule has 0 heterocycles. The van der Waals surface area contributed by atoms with Crippen molar-refractivity contribution in [2.75, 3.05) is 12.4 Å². The van der Waals surface area contributed by atoms with Gasteiger partial charge in [0.05, 0.1) is 28.9 Å². The third-order valence-corrected chi connectivity index (χ3v) is 3.22. The van der Waals surface area contributed by atoms with Crippen molar-refractivity contribution in [2.45, 2.75) is 12.8 Å². The molecule has 0 bridgehead atoms. The summed E-state index contributed by atoms with van der Waals surface area (Å²) in [5.41, 5.74) is -0.131. The number of ether oxygens (including phenoxy) is 1. The maximum Gasteiger partial charge on any atom is 0.312 e. The number of rotatable bonds is 7. The Balaban J connectivity index is 2.60. The Bertz CT molecular complexity index is 636. The van der Waals surface area contributed by atoms with Gasteiger partial charge in [-0.2, -0.15) is 5.26 Å². The summed E-state index contributed by atoms with van der Waals surface area (Å²) < 4.78 is 26.6. The van der Waals surface area contributed by atoms with E-state index in [1.165, 1.54) is 12.1 Å². The van der Waals surface area contributed by atoms with Crippen molar-refractivity contribution in [2.24, 2.45) is 5.14 Å². The Labute approximate surface area is 116 Å². The van der Waals surface area contributed by atoms with Gasteiger partial charge in [0.1, 0.15) is 0 Å². The van der Waals surface area contributed by atoms with Gasteiger partial charge in [0.15, 0.2) is 5.75 Å². The van der Waals surface area contributed by atoms with Crippen LogP contribution in [0.5, 0.6) is 5.75 Å². The first-order valence-corrected chi connectivity index (χ1v) is 7.37. The normalized spacial score (nSPS) is 10.8. The Morgan fingerprint density at radius 3 is 2.65 bits per heavy atom. The molecule has 0 aliphatic heterocycles. The predicted octanol–water partition coefficient (Wildman–Crippen LogP) is 0.914. The maximum absolute atomic E-state index is 10.8. The van der Waals surface area contributed by atoms with Crippen LogP contribution in [0.1, 0.15) is 18.4 Å². The summed E-state index contributed by atoms with van der Waals surface area (Å²) in [6.07, 6.45) is 0.705. The highest BCUT2D eigenvalue weighted by atomic mass is 32.2. The first-order chi connectivity index (χ1) is 9.33. The van der Waals surface area contributed by atoms with Gasteiger partial charge in [-0.25, -0.2) is 13.6 Å². The molecule has 0 unspecified atom stereocenters. The van der Waals surface area contributed by atoms with E-state index < -0.39 is 14.9 Å². The van der Waals surface area contributed by atoms with E-state index in [2.05, 4.69) is 0 Å². The first kappa shape index (κ1) is 15.9. The van der Waals surface area contributed by atoms with Crippen LogP contribution in [0, 0.1) is 21.4 Å². The lowest BCUT2D eigenvalue weighted by Crippen LogP contribution is -2.16. The van der Waals surface area contributed by atoms with Crippen molar-refractivity contribution in [1.29, 1.82) is 5.26 Å². The third kappa shape index (κ3) is 5.21. The van der Waals surface area contributed by atoms with Gasteiger partial charge in [0.2, 0.25) is 10.0 Å². The van der Waals surface area contributed by atoms with Gasteiger partial charge in [0.25, 0.3) is 0 Å². The number of nitro benzene ring substituents is 1. The molecule has 0 aliphatic carbocycles. The average Bonchev–Trinajstić information content (AvgIpc) is 2.37. The van der Waals surface area contributed by atoms with Crippen LogP contribution in [-0.2, 0) is 10.0 Å². The van der Waals surface area contributed by atoms with Crippen molar-refractivity contribution in [1.82, 2.24) is 0 Å². The highest BCUT2D eigenvalue weighted by Gasteiger charge is 2.16. The van der Waals surface area contributed by atoms with E-state index in [-0.39, 0.29) is 29.4 Å². The quantitative estimate of drug-likeness (QED) is 0.451. The average molecular weight is 299 g/mol. The summed E-state index contributed by atoms with van der Waals surface area (Å²) >= 11 is 0. The molecule has 1 rings (SSSR count). The third-order valence-electron chi connectivity index (χ3n) is 2.37. The van der Waals surface area contributed by atoms with Crippen LogP contribution in [0.25, 0.3) is 0 Å². The minimum absolute atomic E-state index is 0.0459. The van der Waals surface area contributed by atoms with Crippen molar-refractivity contribution in [3.05, 3.63) is 33.9 Å². The number of benzene rings is 1. The summed E-state index contributed by atoms with van der Waals surface area (Å²) in [6, 6.07) is 5.68. The fourth-order valence-corrected chi connectivity index (χ4v) is 2.05. The van der Waals surface area contributed by atoms with Crippen molar-refractivity contribution in [3.63, 3.8) is 0 Å². The van der Waals surface area contributed by atoms with Gasteiger partial charge in [-0.3, -0.25) is 10.1 Å². The van der Waals surface area contributed by atoms with E-state index in [4.69, 9.17) is 15.1 Å². The number of nitriles is 1. The molecule has 0 aliphatic rings. The second kappa shape index (κ2) is 6.83. The fourth-order valence-electron chi connectivity index (χ4n) is 1.44. The van der Waals surface area contributed by atoms with Crippen LogP contribution in [-0.4, -0.2) is 25.7 Å². The smallest absolute Gasteiger partial charge is 0.312 e. The molecule has 1 aromatic carbocycles. The largest absolute Gasteiger partial charge is 0.487 e. The number of primary sulfonamides is 1. The van der Waals surface area contributed by atoms with Gasteiger partial charge < -0.3 is 4.74 Å². The SMILES string of the molecule is N#Cc1ccc(OCCCCS(N)(=O)=O)c([N+](=O)[O-])c1. The number of nitro groups is 1. The molecule has 20 heavy (non-hydrogen) atoms. The molecule has 0 radical (unpaired) electrons. The molecule has 1 aromatic rings.